The minimum atomic E-state index is 0.487. The Morgan fingerprint density at radius 3 is 1.90 bits per heavy atom. The van der Waals surface area contributed by atoms with Gasteiger partial charge in [-0.2, -0.15) is 15.8 Å². The molecule has 51 heavy (non-hydrogen) atoms. The van der Waals surface area contributed by atoms with E-state index in [4.69, 9.17) is 0 Å². The van der Waals surface area contributed by atoms with Gasteiger partial charge in [-0.3, -0.25) is 0 Å². The highest BCUT2D eigenvalue weighted by Crippen LogP contribution is 2.40. The number of nitriles is 3. The number of hydrogen-bond acceptors (Lipinski definition) is 4. The van der Waals surface area contributed by atoms with Gasteiger partial charge in [0.1, 0.15) is 12.1 Å². The highest BCUT2D eigenvalue weighted by Gasteiger charge is 2.19. The quantitative estimate of drug-likeness (QED) is 0.194. The van der Waals surface area contributed by atoms with E-state index in [1.54, 1.807) is 12.1 Å². The number of para-hydroxylation sites is 4. The summed E-state index contributed by atoms with van der Waals surface area (Å²) in [6, 6.07) is 57.3. The Morgan fingerprint density at radius 2 is 1.16 bits per heavy atom. The van der Waals surface area contributed by atoms with Crippen LogP contribution in [-0.2, 0) is 0 Å². The molecule has 1 aromatic heterocycles. The lowest BCUT2D eigenvalue weighted by atomic mass is 9.91. The molecule has 0 aliphatic heterocycles. The lowest BCUT2D eigenvalue weighted by Crippen LogP contribution is -2.00. The summed E-state index contributed by atoms with van der Waals surface area (Å²) in [5.74, 6) is 0. The fourth-order valence-electron chi connectivity index (χ4n) is 7.11. The van der Waals surface area contributed by atoms with Gasteiger partial charge in [-0.25, -0.2) is 0 Å². The molecule has 0 spiro atoms. The van der Waals surface area contributed by atoms with Crippen LogP contribution in [0.15, 0.2) is 152 Å². The zero-order valence-electron chi connectivity index (χ0n) is 27.7. The van der Waals surface area contributed by atoms with E-state index in [1.165, 1.54) is 10.8 Å². The molecule has 1 heterocycles. The molecule has 0 saturated heterocycles. The van der Waals surface area contributed by atoms with Gasteiger partial charge < -0.3 is 9.88 Å². The maximum absolute atomic E-state index is 10.8. The van der Waals surface area contributed by atoms with E-state index in [-0.39, 0.29) is 0 Å². The summed E-state index contributed by atoms with van der Waals surface area (Å²) in [5.41, 5.74) is 12.4. The van der Waals surface area contributed by atoms with Gasteiger partial charge >= 0.3 is 0 Å². The first kappa shape index (κ1) is 30.9. The van der Waals surface area contributed by atoms with Gasteiger partial charge in [-0.15, -0.1) is 0 Å². The summed E-state index contributed by atoms with van der Waals surface area (Å²) in [7, 11) is 0. The first-order valence-electron chi connectivity index (χ1n) is 16.6. The van der Waals surface area contributed by atoms with Crippen LogP contribution in [0, 0.1) is 40.9 Å². The number of aryl methyl sites for hydroxylation is 1. The molecule has 1 N–H and O–H groups in total. The Bertz CT molecular complexity index is 2730. The van der Waals surface area contributed by atoms with Crippen LogP contribution in [-0.4, -0.2) is 4.57 Å². The molecule has 0 aliphatic rings. The molecule has 238 valence electrons. The largest absolute Gasteiger partial charge is 0.354 e. The van der Waals surface area contributed by atoms with Crippen LogP contribution >= 0.6 is 0 Å². The fourth-order valence-corrected chi connectivity index (χ4v) is 7.11. The van der Waals surface area contributed by atoms with Gasteiger partial charge in [0.25, 0.3) is 0 Å². The Balaban J connectivity index is 1.25. The van der Waals surface area contributed by atoms with E-state index >= 15 is 0 Å². The minimum Gasteiger partial charge on any atom is -0.354 e. The third-order valence-corrected chi connectivity index (χ3v) is 9.48. The highest BCUT2D eigenvalue weighted by atomic mass is 15.0. The third kappa shape index (κ3) is 5.35. The highest BCUT2D eigenvalue weighted by molar-refractivity contribution is 6.09. The normalized spacial score (nSPS) is 10.8. The monoisotopic (exact) mass is 651 g/mol. The van der Waals surface area contributed by atoms with Gasteiger partial charge in [-0.05, 0) is 72.1 Å². The Hall–Kier alpha value is -7.39. The topological polar surface area (TPSA) is 88.3 Å². The van der Waals surface area contributed by atoms with Gasteiger partial charge in [-0.1, -0.05) is 103 Å². The van der Waals surface area contributed by atoms with E-state index < -0.39 is 0 Å². The summed E-state index contributed by atoms with van der Waals surface area (Å²) in [6.45, 7) is 2.00. The minimum absolute atomic E-state index is 0.487. The first-order chi connectivity index (χ1) is 25.1. The molecule has 7 aromatic carbocycles. The van der Waals surface area contributed by atoms with Crippen molar-refractivity contribution in [1.29, 1.82) is 15.8 Å². The number of nitrogens with zero attached hydrogens (tertiary/aromatic N) is 4. The molecular formula is C46H29N5. The summed E-state index contributed by atoms with van der Waals surface area (Å²) in [4.78, 5) is 0. The lowest BCUT2D eigenvalue weighted by Gasteiger charge is -2.18. The number of hydrogen-bond donors (Lipinski definition) is 1. The summed E-state index contributed by atoms with van der Waals surface area (Å²) in [6.07, 6.45) is 0. The van der Waals surface area contributed by atoms with Gasteiger partial charge in [0.15, 0.2) is 0 Å². The number of anilines is 2. The Labute approximate surface area is 296 Å². The number of rotatable bonds is 6. The number of fused-ring (bicyclic) bond motifs is 3. The van der Waals surface area contributed by atoms with Crippen molar-refractivity contribution in [3.8, 4) is 57.3 Å². The van der Waals surface area contributed by atoms with E-state index in [1.807, 2.05) is 85.8 Å². The van der Waals surface area contributed by atoms with Gasteiger partial charge in [0.2, 0.25) is 0 Å². The van der Waals surface area contributed by atoms with Gasteiger partial charge in [0.05, 0.1) is 45.2 Å². The van der Waals surface area contributed by atoms with Crippen molar-refractivity contribution in [2.24, 2.45) is 0 Å². The smallest absolute Gasteiger partial charge is 0.101 e. The SMILES string of the molecule is Cc1ccc(C#N)cc1-c1cccc(C#N)c1Nc1cccc(-c2cccc(-c3ccccc3-n3c4ccccc4c4ccccc43)c2C#N)c1. The lowest BCUT2D eigenvalue weighted by molar-refractivity contribution is 1.18. The number of aromatic nitrogens is 1. The van der Waals surface area contributed by atoms with E-state index in [9.17, 15) is 15.8 Å². The average Bonchev–Trinajstić information content (AvgIpc) is 3.52. The average molecular weight is 652 g/mol. The second-order valence-corrected chi connectivity index (χ2v) is 12.4. The molecule has 0 saturated carbocycles. The molecule has 8 aromatic rings. The van der Waals surface area contributed by atoms with Crippen LogP contribution in [0.25, 0.3) is 60.9 Å². The van der Waals surface area contributed by atoms with Crippen molar-refractivity contribution in [3.63, 3.8) is 0 Å². The summed E-state index contributed by atoms with van der Waals surface area (Å²) >= 11 is 0. The molecule has 5 heteroatoms. The molecule has 0 unspecified atom stereocenters. The van der Waals surface area contributed by atoms with Crippen LogP contribution in [0.2, 0.25) is 0 Å². The second kappa shape index (κ2) is 12.9. The van der Waals surface area contributed by atoms with Crippen molar-refractivity contribution in [1.82, 2.24) is 4.57 Å². The predicted octanol–water partition coefficient (Wildman–Crippen LogP) is 11.5. The molecular weight excluding hydrogens is 623 g/mol. The van der Waals surface area contributed by atoms with Crippen LogP contribution in [0.1, 0.15) is 22.3 Å². The van der Waals surface area contributed by atoms with E-state index in [0.717, 1.165) is 61.4 Å². The molecule has 0 bridgehead atoms. The molecule has 0 fully saturated rings. The fraction of sp³-hybridized carbons (Fsp3) is 0.0217. The standard InChI is InChI=1S/C46H29N5/c1-30-23-24-31(27-47)25-41(30)40-19-9-12-33(28-48)46(40)50-34-13-8-11-32(26-34)35-17-10-18-36(42(35)29-49)37-14-2-5-20-43(37)51-44-21-6-3-15-38(44)39-16-4-7-22-45(39)51/h2-26,50H,1H3. The third-order valence-electron chi connectivity index (χ3n) is 9.48. The summed E-state index contributed by atoms with van der Waals surface area (Å²) in [5, 5.41) is 36.3. The zero-order chi connectivity index (χ0) is 34.9. The van der Waals surface area contributed by atoms with Crippen molar-refractivity contribution < 1.29 is 0 Å². The number of benzene rings is 7. The van der Waals surface area contributed by atoms with Crippen molar-refractivity contribution in [3.05, 3.63) is 174 Å². The van der Waals surface area contributed by atoms with Crippen LogP contribution in [0.3, 0.4) is 0 Å². The van der Waals surface area contributed by atoms with Gasteiger partial charge in [0, 0.05) is 38.7 Å². The van der Waals surface area contributed by atoms with E-state index in [0.29, 0.717) is 22.4 Å². The Kier molecular flexibility index (Phi) is 7.82. The van der Waals surface area contributed by atoms with Crippen molar-refractivity contribution in [2.75, 3.05) is 5.32 Å². The Morgan fingerprint density at radius 1 is 0.510 bits per heavy atom. The summed E-state index contributed by atoms with van der Waals surface area (Å²) < 4.78 is 2.29. The number of nitrogens with one attached hydrogen (secondary N) is 1. The van der Waals surface area contributed by atoms with Crippen LogP contribution in [0.4, 0.5) is 11.4 Å². The van der Waals surface area contributed by atoms with Crippen molar-refractivity contribution >= 4 is 33.2 Å². The molecule has 8 rings (SSSR count). The van der Waals surface area contributed by atoms with Crippen LogP contribution in [0.5, 0.6) is 0 Å². The second-order valence-electron chi connectivity index (χ2n) is 12.4. The molecule has 5 nitrogen and oxygen atoms in total. The van der Waals surface area contributed by atoms with Crippen LogP contribution < -0.4 is 5.32 Å². The molecule has 0 radical (unpaired) electrons. The first-order valence-corrected chi connectivity index (χ1v) is 16.6. The molecule has 0 aliphatic carbocycles. The maximum Gasteiger partial charge on any atom is 0.101 e. The zero-order valence-corrected chi connectivity index (χ0v) is 27.7. The maximum atomic E-state index is 10.8. The predicted molar refractivity (Wildman–Crippen MR) is 206 cm³/mol. The molecule has 0 amide bonds. The van der Waals surface area contributed by atoms with Crippen molar-refractivity contribution in [2.45, 2.75) is 6.92 Å². The molecule has 0 atom stereocenters. The van der Waals surface area contributed by atoms with E-state index in [2.05, 4.69) is 88.8 Å².